The van der Waals surface area contributed by atoms with Gasteiger partial charge >= 0.3 is 6.36 Å². The lowest BCUT2D eigenvalue weighted by atomic mass is 10.3. The van der Waals surface area contributed by atoms with Crippen LogP contribution in [0, 0.1) is 0 Å². The maximum Gasteiger partial charge on any atom is 0.573 e. The van der Waals surface area contributed by atoms with E-state index in [4.69, 9.17) is 11.6 Å². The predicted octanol–water partition coefficient (Wildman–Crippen LogP) is 2.72. The number of hydrogen-bond acceptors (Lipinski definition) is 2. The van der Waals surface area contributed by atoms with Crippen LogP contribution in [-0.2, 0) is 5.88 Å². The van der Waals surface area contributed by atoms with Gasteiger partial charge in [-0.05, 0) is 6.07 Å². The minimum Gasteiger partial charge on any atom is -0.406 e. The molecule has 1 aromatic rings. The molecule has 1 aromatic heterocycles. The maximum atomic E-state index is 11.7. The SMILES string of the molecule is FC(F)(F)Oc1ccnc(CCl)c1. The minimum atomic E-state index is -4.68. The summed E-state index contributed by atoms with van der Waals surface area (Å²) in [6, 6.07) is 2.25. The summed E-state index contributed by atoms with van der Waals surface area (Å²) in [5, 5.41) is 0. The first kappa shape index (κ1) is 10.1. The molecule has 0 aromatic carbocycles. The molecule has 1 rings (SSSR count). The van der Waals surface area contributed by atoms with Gasteiger partial charge in [0.2, 0.25) is 0 Å². The molecule has 0 N–H and O–H groups in total. The molecule has 0 aliphatic carbocycles. The van der Waals surface area contributed by atoms with Gasteiger partial charge in [-0.15, -0.1) is 24.8 Å². The van der Waals surface area contributed by atoms with Gasteiger partial charge < -0.3 is 4.74 Å². The number of halogens is 4. The Balaban J connectivity index is 2.78. The van der Waals surface area contributed by atoms with Crippen LogP contribution in [0.15, 0.2) is 18.3 Å². The highest BCUT2D eigenvalue weighted by molar-refractivity contribution is 6.16. The van der Waals surface area contributed by atoms with E-state index in [1.165, 1.54) is 6.20 Å². The summed E-state index contributed by atoms with van der Waals surface area (Å²) in [6.07, 6.45) is -3.47. The van der Waals surface area contributed by atoms with Crippen molar-refractivity contribution in [3.05, 3.63) is 24.0 Å². The normalized spacial score (nSPS) is 11.4. The molecule has 6 heteroatoms. The Morgan fingerprint density at radius 1 is 1.46 bits per heavy atom. The Morgan fingerprint density at radius 2 is 2.15 bits per heavy atom. The average molecular weight is 212 g/mol. The third-order valence-corrected chi connectivity index (χ3v) is 1.43. The molecule has 0 amide bonds. The number of pyridine rings is 1. The number of hydrogen-bond donors (Lipinski definition) is 0. The molecule has 13 heavy (non-hydrogen) atoms. The first-order valence-corrected chi connectivity index (χ1v) is 3.81. The van der Waals surface area contributed by atoms with Crippen LogP contribution in [0.4, 0.5) is 13.2 Å². The summed E-state index contributed by atoms with van der Waals surface area (Å²) in [7, 11) is 0. The van der Waals surface area contributed by atoms with Crippen molar-refractivity contribution in [1.82, 2.24) is 4.98 Å². The predicted molar refractivity (Wildman–Crippen MR) is 40.5 cm³/mol. The Kier molecular flexibility index (Phi) is 2.98. The van der Waals surface area contributed by atoms with Crippen LogP contribution in [0.5, 0.6) is 5.75 Å². The van der Waals surface area contributed by atoms with E-state index in [1.54, 1.807) is 0 Å². The van der Waals surface area contributed by atoms with E-state index in [-0.39, 0.29) is 11.6 Å². The molecule has 0 aliphatic heterocycles. The molecule has 72 valence electrons. The molecule has 0 saturated heterocycles. The van der Waals surface area contributed by atoms with Gasteiger partial charge in [-0.2, -0.15) is 0 Å². The van der Waals surface area contributed by atoms with Crippen molar-refractivity contribution in [2.45, 2.75) is 12.2 Å². The highest BCUT2D eigenvalue weighted by atomic mass is 35.5. The van der Waals surface area contributed by atoms with E-state index in [2.05, 4.69) is 9.72 Å². The maximum absolute atomic E-state index is 11.7. The van der Waals surface area contributed by atoms with E-state index < -0.39 is 6.36 Å². The third-order valence-electron chi connectivity index (χ3n) is 1.16. The van der Waals surface area contributed by atoms with E-state index in [9.17, 15) is 13.2 Å². The fourth-order valence-corrected chi connectivity index (χ4v) is 0.872. The molecule has 0 saturated carbocycles. The Morgan fingerprint density at radius 3 is 2.69 bits per heavy atom. The molecular weight excluding hydrogens is 207 g/mol. The van der Waals surface area contributed by atoms with Crippen molar-refractivity contribution >= 4 is 11.6 Å². The van der Waals surface area contributed by atoms with Crippen LogP contribution in [0.3, 0.4) is 0 Å². The third kappa shape index (κ3) is 3.50. The largest absolute Gasteiger partial charge is 0.573 e. The second-order valence-corrected chi connectivity index (χ2v) is 2.43. The summed E-state index contributed by atoms with van der Waals surface area (Å²) in [4.78, 5) is 3.71. The van der Waals surface area contributed by atoms with Gasteiger partial charge in [0.25, 0.3) is 0 Å². The van der Waals surface area contributed by atoms with Gasteiger partial charge in [0.15, 0.2) is 0 Å². The molecule has 0 unspecified atom stereocenters. The highest BCUT2D eigenvalue weighted by Gasteiger charge is 2.31. The molecule has 0 fully saturated rings. The van der Waals surface area contributed by atoms with Crippen LogP contribution >= 0.6 is 11.6 Å². The van der Waals surface area contributed by atoms with E-state index in [0.29, 0.717) is 5.69 Å². The van der Waals surface area contributed by atoms with Crippen LogP contribution in [0.25, 0.3) is 0 Å². The van der Waals surface area contributed by atoms with Crippen LogP contribution in [0.1, 0.15) is 5.69 Å². The number of ether oxygens (including phenoxy) is 1. The molecule has 0 atom stereocenters. The molecule has 1 heterocycles. The van der Waals surface area contributed by atoms with Crippen molar-refractivity contribution in [3.8, 4) is 5.75 Å². The Labute approximate surface area is 77.3 Å². The monoisotopic (exact) mass is 211 g/mol. The van der Waals surface area contributed by atoms with Crippen molar-refractivity contribution in [2.75, 3.05) is 0 Å². The van der Waals surface area contributed by atoms with Gasteiger partial charge in [-0.1, -0.05) is 0 Å². The molecular formula is C7H5ClF3NO. The summed E-state index contributed by atoms with van der Waals surface area (Å²) in [5.74, 6) is -0.257. The Hall–Kier alpha value is -0.970. The van der Waals surface area contributed by atoms with Gasteiger partial charge in [-0.25, -0.2) is 0 Å². The number of alkyl halides is 4. The van der Waals surface area contributed by atoms with Crippen molar-refractivity contribution in [3.63, 3.8) is 0 Å². The molecule has 0 aliphatic rings. The fraction of sp³-hybridized carbons (Fsp3) is 0.286. The molecule has 2 nitrogen and oxygen atoms in total. The lowest BCUT2D eigenvalue weighted by molar-refractivity contribution is -0.274. The fourth-order valence-electron chi connectivity index (χ4n) is 0.726. The smallest absolute Gasteiger partial charge is 0.406 e. The summed E-state index contributed by atoms with van der Waals surface area (Å²) >= 11 is 5.37. The van der Waals surface area contributed by atoms with Crippen LogP contribution in [-0.4, -0.2) is 11.3 Å². The van der Waals surface area contributed by atoms with Crippen LogP contribution in [0.2, 0.25) is 0 Å². The highest BCUT2D eigenvalue weighted by Crippen LogP contribution is 2.22. The zero-order valence-corrected chi connectivity index (χ0v) is 7.06. The molecule has 0 bridgehead atoms. The van der Waals surface area contributed by atoms with Crippen molar-refractivity contribution in [2.24, 2.45) is 0 Å². The lowest BCUT2D eigenvalue weighted by Crippen LogP contribution is -2.17. The van der Waals surface area contributed by atoms with E-state index in [1.807, 2.05) is 0 Å². The topological polar surface area (TPSA) is 22.1 Å². The zero-order valence-electron chi connectivity index (χ0n) is 6.31. The van der Waals surface area contributed by atoms with Gasteiger partial charge in [0.1, 0.15) is 5.75 Å². The first-order chi connectivity index (χ1) is 6.01. The lowest BCUT2D eigenvalue weighted by Gasteiger charge is -2.08. The molecule has 0 radical (unpaired) electrons. The van der Waals surface area contributed by atoms with E-state index in [0.717, 1.165) is 12.1 Å². The van der Waals surface area contributed by atoms with Crippen molar-refractivity contribution < 1.29 is 17.9 Å². The quantitative estimate of drug-likeness (QED) is 0.702. The number of rotatable bonds is 2. The van der Waals surface area contributed by atoms with Gasteiger partial charge in [-0.3, -0.25) is 4.98 Å². The summed E-state index contributed by atoms with van der Waals surface area (Å²) < 4.78 is 38.7. The van der Waals surface area contributed by atoms with Crippen molar-refractivity contribution in [1.29, 1.82) is 0 Å². The van der Waals surface area contributed by atoms with Gasteiger partial charge in [0, 0.05) is 12.3 Å². The number of nitrogens with zero attached hydrogens (tertiary/aromatic N) is 1. The minimum absolute atomic E-state index is 0.0507. The number of aromatic nitrogens is 1. The van der Waals surface area contributed by atoms with Crippen LogP contribution < -0.4 is 4.74 Å². The summed E-state index contributed by atoms with van der Waals surface area (Å²) in [6.45, 7) is 0. The second kappa shape index (κ2) is 3.83. The Bertz CT molecular complexity index is 289. The standard InChI is InChI=1S/C7H5ClF3NO/c8-4-5-3-6(1-2-12-5)13-7(9,10)11/h1-3H,4H2. The first-order valence-electron chi connectivity index (χ1n) is 3.28. The average Bonchev–Trinajstić information content (AvgIpc) is 2.01. The summed E-state index contributed by atoms with van der Waals surface area (Å²) in [5.41, 5.74) is 0.336. The van der Waals surface area contributed by atoms with Gasteiger partial charge in [0.05, 0.1) is 11.6 Å². The molecule has 0 spiro atoms. The van der Waals surface area contributed by atoms with E-state index >= 15 is 0 Å². The second-order valence-electron chi connectivity index (χ2n) is 2.16. The zero-order chi connectivity index (χ0) is 9.90.